The molecular formula is C15H26N2O2. The lowest BCUT2D eigenvalue weighted by Gasteiger charge is -2.29. The summed E-state index contributed by atoms with van der Waals surface area (Å²) in [6, 6.07) is -0.318. The molecule has 1 aliphatic heterocycles. The topological polar surface area (TPSA) is 49.4 Å². The number of carbonyl (C=O) groups excluding carboxylic acids is 2. The second-order valence-corrected chi connectivity index (χ2v) is 6.12. The van der Waals surface area contributed by atoms with Crippen LogP contribution in [0.15, 0.2) is 0 Å². The zero-order chi connectivity index (χ0) is 13.8. The molecule has 0 spiro atoms. The molecule has 4 heteroatoms. The van der Waals surface area contributed by atoms with Crippen LogP contribution in [0, 0.1) is 11.8 Å². The molecule has 1 aliphatic carbocycles. The van der Waals surface area contributed by atoms with Gasteiger partial charge in [-0.1, -0.05) is 33.1 Å². The highest BCUT2D eigenvalue weighted by Crippen LogP contribution is 2.26. The maximum absolute atomic E-state index is 12.6. The smallest absolute Gasteiger partial charge is 0.245 e. The van der Waals surface area contributed by atoms with Gasteiger partial charge in [-0.05, 0) is 24.7 Å². The monoisotopic (exact) mass is 266 g/mol. The minimum atomic E-state index is -0.318. The van der Waals surface area contributed by atoms with Crippen LogP contribution in [0.3, 0.4) is 0 Å². The van der Waals surface area contributed by atoms with E-state index in [0.29, 0.717) is 18.9 Å². The highest BCUT2D eigenvalue weighted by atomic mass is 16.2. The highest BCUT2D eigenvalue weighted by molar-refractivity contribution is 5.90. The Kier molecular flexibility index (Phi) is 4.83. The van der Waals surface area contributed by atoms with Crippen LogP contribution in [0.5, 0.6) is 0 Å². The molecule has 2 atom stereocenters. The van der Waals surface area contributed by atoms with Gasteiger partial charge in [0.2, 0.25) is 11.8 Å². The lowest BCUT2D eigenvalue weighted by atomic mass is 9.97. The highest BCUT2D eigenvalue weighted by Gasteiger charge is 2.34. The van der Waals surface area contributed by atoms with Crippen molar-refractivity contribution in [2.45, 2.75) is 58.4 Å². The zero-order valence-corrected chi connectivity index (χ0v) is 12.2. The molecule has 0 radical (unpaired) electrons. The van der Waals surface area contributed by atoms with Crippen molar-refractivity contribution in [2.24, 2.45) is 11.8 Å². The van der Waals surface area contributed by atoms with Crippen molar-refractivity contribution in [2.75, 3.05) is 13.1 Å². The SMILES string of the molecule is CCC(C)C1NC(=O)CCN(CC2CCCC2)C1=O. The number of amides is 2. The van der Waals surface area contributed by atoms with Crippen molar-refractivity contribution in [3.8, 4) is 0 Å². The minimum absolute atomic E-state index is 0.0209. The number of nitrogens with one attached hydrogen (secondary N) is 1. The zero-order valence-electron chi connectivity index (χ0n) is 12.2. The van der Waals surface area contributed by atoms with Crippen molar-refractivity contribution < 1.29 is 9.59 Å². The number of carbonyl (C=O) groups is 2. The van der Waals surface area contributed by atoms with Gasteiger partial charge < -0.3 is 10.2 Å². The molecule has 19 heavy (non-hydrogen) atoms. The van der Waals surface area contributed by atoms with Crippen LogP contribution in [-0.4, -0.2) is 35.8 Å². The van der Waals surface area contributed by atoms with Crippen molar-refractivity contribution in [1.82, 2.24) is 10.2 Å². The Morgan fingerprint density at radius 3 is 2.63 bits per heavy atom. The molecule has 2 aliphatic rings. The van der Waals surface area contributed by atoms with E-state index >= 15 is 0 Å². The first-order valence-corrected chi connectivity index (χ1v) is 7.70. The van der Waals surface area contributed by atoms with Gasteiger partial charge in [0.15, 0.2) is 0 Å². The van der Waals surface area contributed by atoms with Crippen LogP contribution in [0.2, 0.25) is 0 Å². The van der Waals surface area contributed by atoms with Crippen LogP contribution >= 0.6 is 0 Å². The lowest BCUT2D eigenvalue weighted by Crippen LogP contribution is -2.49. The summed E-state index contributed by atoms with van der Waals surface area (Å²) < 4.78 is 0. The van der Waals surface area contributed by atoms with Crippen LogP contribution in [-0.2, 0) is 9.59 Å². The van der Waals surface area contributed by atoms with Crippen LogP contribution < -0.4 is 5.32 Å². The summed E-state index contributed by atoms with van der Waals surface area (Å²) in [4.78, 5) is 26.3. The molecule has 1 saturated carbocycles. The maximum Gasteiger partial charge on any atom is 0.245 e. The van der Waals surface area contributed by atoms with Gasteiger partial charge in [0, 0.05) is 19.5 Å². The molecule has 2 amide bonds. The fourth-order valence-electron chi connectivity index (χ4n) is 3.16. The Hall–Kier alpha value is -1.06. The van der Waals surface area contributed by atoms with Crippen molar-refractivity contribution >= 4 is 11.8 Å². The summed E-state index contributed by atoms with van der Waals surface area (Å²) in [5.41, 5.74) is 0. The summed E-state index contributed by atoms with van der Waals surface area (Å²) in [7, 11) is 0. The maximum atomic E-state index is 12.6. The summed E-state index contributed by atoms with van der Waals surface area (Å²) in [6.07, 6.45) is 6.41. The van der Waals surface area contributed by atoms with Crippen LogP contribution in [0.4, 0.5) is 0 Å². The Balaban J connectivity index is 2.04. The molecule has 1 saturated heterocycles. The second kappa shape index (κ2) is 6.40. The fraction of sp³-hybridized carbons (Fsp3) is 0.867. The Morgan fingerprint density at radius 2 is 2.00 bits per heavy atom. The van der Waals surface area contributed by atoms with E-state index in [1.54, 1.807) is 0 Å². The number of nitrogens with zero attached hydrogens (tertiary/aromatic N) is 1. The summed E-state index contributed by atoms with van der Waals surface area (Å²) in [5, 5.41) is 2.90. The third kappa shape index (κ3) is 3.48. The second-order valence-electron chi connectivity index (χ2n) is 6.12. The van der Waals surface area contributed by atoms with Gasteiger partial charge in [0.1, 0.15) is 6.04 Å². The quantitative estimate of drug-likeness (QED) is 0.845. The summed E-state index contributed by atoms with van der Waals surface area (Å²) >= 11 is 0. The van der Waals surface area contributed by atoms with Crippen molar-refractivity contribution in [3.63, 3.8) is 0 Å². The van der Waals surface area contributed by atoms with Gasteiger partial charge in [-0.25, -0.2) is 0 Å². The van der Waals surface area contributed by atoms with Crippen molar-refractivity contribution in [1.29, 1.82) is 0 Å². The summed E-state index contributed by atoms with van der Waals surface area (Å²) in [5.74, 6) is 1.01. The normalized spacial score (nSPS) is 27.3. The molecule has 0 bridgehead atoms. The van der Waals surface area contributed by atoms with E-state index in [1.165, 1.54) is 25.7 Å². The molecule has 1 N–H and O–H groups in total. The van der Waals surface area contributed by atoms with E-state index in [4.69, 9.17) is 0 Å². The Morgan fingerprint density at radius 1 is 1.32 bits per heavy atom. The number of hydrogen-bond acceptors (Lipinski definition) is 2. The van der Waals surface area contributed by atoms with E-state index in [9.17, 15) is 9.59 Å². The molecule has 0 aromatic rings. The van der Waals surface area contributed by atoms with Crippen LogP contribution in [0.25, 0.3) is 0 Å². The van der Waals surface area contributed by atoms with Gasteiger partial charge >= 0.3 is 0 Å². The Labute approximate surface area is 115 Å². The Bertz CT molecular complexity index is 337. The molecule has 0 aromatic heterocycles. The standard InChI is InChI=1S/C15H26N2O2/c1-3-11(2)14-15(19)17(9-8-13(18)16-14)10-12-6-4-5-7-12/h11-12,14H,3-10H2,1-2H3,(H,16,18). The molecule has 4 nitrogen and oxygen atoms in total. The van der Waals surface area contributed by atoms with Gasteiger partial charge in [-0.3, -0.25) is 9.59 Å². The summed E-state index contributed by atoms with van der Waals surface area (Å²) in [6.45, 7) is 5.55. The molecule has 2 unspecified atom stereocenters. The van der Waals surface area contributed by atoms with Gasteiger partial charge in [0.05, 0.1) is 0 Å². The number of rotatable bonds is 4. The predicted molar refractivity (Wildman–Crippen MR) is 74.5 cm³/mol. The van der Waals surface area contributed by atoms with E-state index in [1.807, 2.05) is 11.8 Å². The molecule has 0 aromatic carbocycles. The average molecular weight is 266 g/mol. The first-order valence-electron chi connectivity index (χ1n) is 7.70. The largest absolute Gasteiger partial charge is 0.344 e. The van der Waals surface area contributed by atoms with E-state index in [0.717, 1.165) is 13.0 Å². The first kappa shape index (κ1) is 14.4. The average Bonchev–Trinajstić information content (AvgIpc) is 2.87. The minimum Gasteiger partial charge on any atom is -0.344 e. The molecule has 2 fully saturated rings. The van der Waals surface area contributed by atoms with E-state index in [2.05, 4.69) is 12.2 Å². The van der Waals surface area contributed by atoms with Crippen LogP contribution in [0.1, 0.15) is 52.4 Å². The van der Waals surface area contributed by atoms with E-state index < -0.39 is 0 Å². The fourth-order valence-corrected chi connectivity index (χ4v) is 3.16. The molecule has 1 heterocycles. The number of hydrogen-bond donors (Lipinski definition) is 1. The third-order valence-corrected chi connectivity index (χ3v) is 4.67. The van der Waals surface area contributed by atoms with Gasteiger partial charge in [-0.2, -0.15) is 0 Å². The van der Waals surface area contributed by atoms with Gasteiger partial charge in [0.25, 0.3) is 0 Å². The van der Waals surface area contributed by atoms with Crippen molar-refractivity contribution in [3.05, 3.63) is 0 Å². The molecule has 2 rings (SSSR count). The predicted octanol–water partition coefficient (Wildman–Crippen LogP) is 1.94. The third-order valence-electron chi connectivity index (χ3n) is 4.67. The molecule has 108 valence electrons. The van der Waals surface area contributed by atoms with Gasteiger partial charge in [-0.15, -0.1) is 0 Å². The molecular weight excluding hydrogens is 240 g/mol. The first-order chi connectivity index (χ1) is 9.11. The van der Waals surface area contributed by atoms with E-state index in [-0.39, 0.29) is 23.8 Å². The lowest BCUT2D eigenvalue weighted by molar-refractivity contribution is -0.135.